The molecule has 0 bridgehead atoms. The molecular weight excluding hydrogens is 661 g/mol. The first kappa shape index (κ1) is 40.9. The van der Waals surface area contributed by atoms with Gasteiger partial charge < -0.3 is 5.73 Å². The van der Waals surface area contributed by atoms with Crippen LogP contribution < -0.4 is 5.73 Å². The third-order valence-corrected chi connectivity index (χ3v) is 12.2. The van der Waals surface area contributed by atoms with Gasteiger partial charge in [-0.05, 0) is 140 Å². The predicted octanol–water partition coefficient (Wildman–Crippen LogP) is 12.7. The first-order chi connectivity index (χ1) is 25.7. The highest BCUT2D eigenvalue weighted by Crippen LogP contribution is 2.42. The van der Waals surface area contributed by atoms with Gasteiger partial charge in [-0.2, -0.15) is 0 Å². The van der Waals surface area contributed by atoms with Gasteiger partial charge in [-0.25, -0.2) is 0 Å². The number of hydrogen-bond donors (Lipinski definition) is 1. The molecule has 0 fully saturated rings. The molecule has 0 saturated heterocycles. The van der Waals surface area contributed by atoms with E-state index in [0.29, 0.717) is 29.0 Å². The molecule has 0 radical (unpaired) electrons. The molecule has 2 unspecified atom stereocenters. The van der Waals surface area contributed by atoms with E-state index in [1.807, 2.05) is 0 Å². The third-order valence-electron chi connectivity index (χ3n) is 12.2. The van der Waals surface area contributed by atoms with E-state index in [-0.39, 0.29) is 23.1 Å². The normalized spacial score (nSPS) is 19.3. The minimum Gasteiger partial charge on any atom is -0.330 e. The molecule has 2 amide bonds. The molecule has 0 aromatic heterocycles. The second-order valence-corrected chi connectivity index (χ2v) is 17.3. The van der Waals surface area contributed by atoms with Gasteiger partial charge in [0.25, 0.3) is 11.8 Å². The van der Waals surface area contributed by atoms with Crippen LogP contribution in [0.3, 0.4) is 0 Å². The number of imide groups is 1. The van der Waals surface area contributed by atoms with Crippen LogP contribution in [0, 0.1) is 10.8 Å². The second kappa shape index (κ2) is 17.9. The van der Waals surface area contributed by atoms with Gasteiger partial charge in [0.1, 0.15) is 0 Å². The number of carbonyl (C=O) groups is 2. The van der Waals surface area contributed by atoms with E-state index in [1.54, 1.807) is 29.8 Å². The van der Waals surface area contributed by atoms with Crippen molar-refractivity contribution in [2.75, 3.05) is 13.1 Å². The highest BCUT2D eigenvalue weighted by atomic mass is 16.2. The van der Waals surface area contributed by atoms with Crippen molar-refractivity contribution in [1.82, 2.24) is 4.90 Å². The average Bonchev–Trinajstić information content (AvgIpc) is 3.38. The summed E-state index contributed by atoms with van der Waals surface area (Å²) >= 11 is 0. The highest BCUT2D eigenvalue weighted by Gasteiger charge is 2.35. The van der Waals surface area contributed by atoms with Crippen LogP contribution in [-0.2, 0) is 0 Å². The fourth-order valence-electron chi connectivity index (χ4n) is 8.67. The summed E-state index contributed by atoms with van der Waals surface area (Å²) in [5, 5.41) is 0. The van der Waals surface area contributed by atoms with Crippen LogP contribution in [0.1, 0.15) is 162 Å². The summed E-state index contributed by atoms with van der Waals surface area (Å²) in [7, 11) is 0. The fourth-order valence-corrected chi connectivity index (χ4v) is 8.67. The molecular formula is C50H64N2O2. The topological polar surface area (TPSA) is 63.4 Å². The number of hydrogen-bond acceptors (Lipinski definition) is 3. The SMILES string of the molecule is CC1=C(/C=C/c2cccc(C(C)CCN)c2)C(C)(C)CCC1.CC1=C(/C=C/c2cccc(C(C)CCN3C(=O)c4ccccc4C3=O)c2)C(C)(C)CCC1. The van der Waals surface area contributed by atoms with Crippen molar-refractivity contribution >= 4 is 24.0 Å². The van der Waals surface area contributed by atoms with Crippen LogP contribution in [0.5, 0.6) is 0 Å². The Morgan fingerprint density at radius 3 is 1.52 bits per heavy atom. The minimum absolute atomic E-state index is 0.173. The first-order valence-electron chi connectivity index (χ1n) is 20.3. The lowest BCUT2D eigenvalue weighted by atomic mass is 9.72. The summed E-state index contributed by atoms with van der Waals surface area (Å²) in [5.74, 6) is 0.437. The zero-order valence-corrected chi connectivity index (χ0v) is 34.3. The van der Waals surface area contributed by atoms with Gasteiger partial charge >= 0.3 is 0 Å². The van der Waals surface area contributed by atoms with Crippen molar-refractivity contribution in [1.29, 1.82) is 0 Å². The van der Waals surface area contributed by atoms with Crippen LogP contribution in [0.4, 0.5) is 0 Å². The molecule has 2 aliphatic carbocycles. The maximum atomic E-state index is 12.6. The molecule has 2 N–H and O–H groups in total. The Labute approximate surface area is 326 Å². The van der Waals surface area contributed by atoms with E-state index in [4.69, 9.17) is 5.73 Å². The maximum absolute atomic E-state index is 12.6. The Bertz CT molecular complexity index is 1900. The van der Waals surface area contributed by atoms with Crippen molar-refractivity contribution in [2.45, 2.75) is 119 Å². The molecule has 0 spiro atoms. The Kier molecular flexibility index (Phi) is 13.6. The van der Waals surface area contributed by atoms with Gasteiger partial charge in [-0.15, -0.1) is 0 Å². The quantitative estimate of drug-likeness (QED) is 0.200. The smallest absolute Gasteiger partial charge is 0.261 e. The zero-order chi connectivity index (χ0) is 39.0. The molecule has 286 valence electrons. The summed E-state index contributed by atoms with van der Waals surface area (Å²) in [6.07, 6.45) is 18.5. The van der Waals surface area contributed by atoms with Crippen LogP contribution in [0.2, 0.25) is 0 Å². The monoisotopic (exact) mass is 724 g/mol. The number of rotatable bonds is 11. The average molecular weight is 725 g/mol. The molecule has 3 aromatic rings. The van der Waals surface area contributed by atoms with Crippen LogP contribution in [0.15, 0.2) is 107 Å². The van der Waals surface area contributed by atoms with Gasteiger partial charge in [0, 0.05) is 6.54 Å². The maximum Gasteiger partial charge on any atom is 0.261 e. The lowest BCUT2D eigenvalue weighted by molar-refractivity contribution is 0.0650. The zero-order valence-electron chi connectivity index (χ0n) is 34.3. The highest BCUT2D eigenvalue weighted by molar-refractivity contribution is 6.21. The van der Waals surface area contributed by atoms with E-state index < -0.39 is 0 Å². The molecule has 1 heterocycles. The molecule has 0 saturated carbocycles. The lowest BCUT2D eigenvalue weighted by Crippen LogP contribution is -2.31. The number of nitrogens with two attached hydrogens (primary N) is 1. The molecule has 4 heteroatoms. The van der Waals surface area contributed by atoms with Crippen LogP contribution >= 0.6 is 0 Å². The van der Waals surface area contributed by atoms with Crippen molar-refractivity contribution in [3.8, 4) is 0 Å². The number of nitrogens with zero attached hydrogens (tertiary/aromatic N) is 1. The molecule has 3 aromatic carbocycles. The molecule has 6 rings (SSSR count). The molecule has 3 aliphatic rings. The van der Waals surface area contributed by atoms with Crippen LogP contribution in [-0.4, -0.2) is 29.8 Å². The largest absolute Gasteiger partial charge is 0.330 e. The fraction of sp³-hybridized carbons (Fsp3) is 0.440. The Morgan fingerprint density at radius 2 is 1.09 bits per heavy atom. The van der Waals surface area contributed by atoms with Crippen molar-refractivity contribution in [3.63, 3.8) is 0 Å². The Morgan fingerprint density at radius 1 is 0.648 bits per heavy atom. The van der Waals surface area contributed by atoms with Gasteiger partial charge in [-0.1, -0.05) is 138 Å². The van der Waals surface area contributed by atoms with E-state index in [2.05, 4.69) is 128 Å². The molecule has 2 atom stereocenters. The summed E-state index contributed by atoms with van der Waals surface area (Å²) < 4.78 is 0. The standard InChI is InChI=1S/C29H33NO2.C21H31N/c1-20(16-18-30-27(31)24-12-5-6-13-25(24)28(30)32)23-11-7-10-22(19-23)14-15-26-21(2)9-8-17-29(26,3)4;1-16(12-14-22)19-9-5-8-18(15-19)10-11-20-17(2)7-6-13-21(20,3)4/h5-7,10-15,19-20H,8-9,16-18H2,1-4H3;5,8-11,15-16H,6-7,12-14,22H2,1-4H3/b15-14+;11-10+. The van der Waals surface area contributed by atoms with E-state index in [1.165, 1.54) is 82.4 Å². The molecule has 54 heavy (non-hydrogen) atoms. The lowest BCUT2D eigenvalue weighted by Gasteiger charge is -2.33. The third kappa shape index (κ3) is 9.87. The summed E-state index contributed by atoms with van der Waals surface area (Å²) in [6, 6.07) is 24.6. The van der Waals surface area contributed by atoms with Gasteiger partial charge in [-0.3, -0.25) is 14.5 Å². The number of fused-ring (bicyclic) bond motifs is 1. The minimum atomic E-state index is -0.173. The van der Waals surface area contributed by atoms with Crippen molar-refractivity contribution < 1.29 is 9.59 Å². The number of carbonyl (C=O) groups excluding carboxylic acids is 2. The van der Waals surface area contributed by atoms with E-state index in [0.717, 1.165) is 19.4 Å². The summed E-state index contributed by atoms with van der Waals surface area (Å²) in [5.41, 5.74) is 18.4. The first-order valence-corrected chi connectivity index (χ1v) is 20.3. The van der Waals surface area contributed by atoms with Crippen molar-refractivity contribution in [2.24, 2.45) is 16.6 Å². The number of allylic oxidation sites excluding steroid dienone is 6. The number of benzene rings is 3. The molecule has 1 aliphatic heterocycles. The Hall–Kier alpha value is -4.28. The van der Waals surface area contributed by atoms with Crippen LogP contribution in [0.25, 0.3) is 12.2 Å². The Balaban J connectivity index is 0.000000223. The van der Waals surface area contributed by atoms with E-state index >= 15 is 0 Å². The second-order valence-electron chi connectivity index (χ2n) is 17.3. The van der Waals surface area contributed by atoms with Gasteiger partial charge in [0.15, 0.2) is 0 Å². The van der Waals surface area contributed by atoms with Gasteiger partial charge in [0.2, 0.25) is 0 Å². The molecule has 4 nitrogen and oxygen atoms in total. The van der Waals surface area contributed by atoms with E-state index in [9.17, 15) is 9.59 Å². The summed E-state index contributed by atoms with van der Waals surface area (Å²) in [6.45, 7) is 19.6. The summed E-state index contributed by atoms with van der Waals surface area (Å²) in [4.78, 5) is 26.6. The number of amides is 2. The predicted molar refractivity (Wildman–Crippen MR) is 229 cm³/mol. The van der Waals surface area contributed by atoms with Gasteiger partial charge in [0.05, 0.1) is 11.1 Å². The van der Waals surface area contributed by atoms with Crippen molar-refractivity contribution in [3.05, 3.63) is 141 Å².